The van der Waals surface area contributed by atoms with Crippen molar-refractivity contribution in [3.8, 4) is 5.75 Å². The number of hydrogen-bond donors (Lipinski definition) is 1. The first-order valence-corrected chi connectivity index (χ1v) is 8.04. The molecule has 0 aliphatic carbocycles. The Kier molecular flexibility index (Phi) is 6.08. The van der Waals surface area contributed by atoms with Crippen LogP contribution in [0.25, 0.3) is 6.08 Å². The Morgan fingerprint density at radius 1 is 1.33 bits per heavy atom. The van der Waals surface area contributed by atoms with E-state index in [0.29, 0.717) is 11.3 Å². The number of hydrogen-bond acceptors (Lipinski definition) is 6. The first-order chi connectivity index (χ1) is 11.5. The zero-order chi connectivity index (χ0) is 17.5. The van der Waals surface area contributed by atoms with Gasteiger partial charge in [0.2, 0.25) is 5.91 Å². The van der Waals surface area contributed by atoms with Crippen LogP contribution in [0.4, 0.5) is 0 Å². The molecule has 0 saturated carbocycles. The molecule has 0 unspecified atom stereocenters. The zero-order valence-electron chi connectivity index (χ0n) is 13.7. The average molecular weight is 346 g/mol. The fourth-order valence-electron chi connectivity index (χ4n) is 2.00. The predicted octanol–water partition coefficient (Wildman–Crippen LogP) is 2.58. The zero-order valence-corrected chi connectivity index (χ0v) is 14.5. The van der Waals surface area contributed by atoms with Gasteiger partial charge in [-0.1, -0.05) is 6.07 Å². The molecule has 2 rings (SSSR count). The van der Waals surface area contributed by atoms with Crippen LogP contribution >= 0.6 is 11.3 Å². The van der Waals surface area contributed by atoms with Crippen LogP contribution in [0.15, 0.2) is 29.7 Å². The summed E-state index contributed by atoms with van der Waals surface area (Å²) in [5.41, 5.74) is 1.84. The molecule has 0 saturated heterocycles. The van der Waals surface area contributed by atoms with E-state index in [0.717, 1.165) is 16.3 Å². The molecule has 6 nitrogen and oxygen atoms in total. The van der Waals surface area contributed by atoms with E-state index in [2.05, 4.69) is 10.3 Å². The van der Waals surface area contributed by atoms with Gasteiger partial charge in [0.25, 0.3) is 0 Å². The second-order valence-corrected chi connectivity index (χ2v) is 5.93. The maximum Gasteiger partial charge on any atom is 0.341 e. The molecular formula is C17H18N2O4S. The van der Waals surface area contributed by atoms with Crippen molar-refractivity contribution in [3.05, 3.63) is 51.5 Å². The number of carbonyl (C=O) groups is 2. The summed E-state index contributed by atoms with van der Waals surface area (Å²) < 4.78 is 9.86. The van der Waals surface area contributed by atoms with E-state index < -0.39 is 5.97 Å². The van der Waals surface area contributed by atoms with E-state index in [1.54, 1.807) is 24.3 Å². The van der Waals surface area contributed by atoms with Crippen molar-refractivity contribution in [2.45, 2.75) is 13.5 Å². The molecule has 1 aromatic carbocycles. The molecule has 126 valence electrons. The van der Waals surface area contributed by atoms with Crippen molar-refractivity contribution in [2.24, 2.45) is 0 Å². The van der Waals surface area contributed by atoms with Gasteiger partial charge < -0.3 is 14.8 Å². The van der Waals surface area contributed by atoms with Crippen LogP contribution in [-0.4, -0.2) is 31.1 Å². The van der Waals surface area contributed by atoms with Crippen molar-refractivity contribution in [3.63, 3.8) is 0 Å². The summed E-state index contributed by atoms with van der Waals surface area (Å²) in [7, 11) is 2.79. The SMILES string of the molecule is COC(=O)c1cc(CNC(=O)/C=C/c2csc(C)n2)ccc1OC. The lowest BCUT2D eigenvalue weighted by molar-refractivity contribution is -0.116. The Hall–Kier alpha value is -2.67. The molecule has 0 bridgehead atoms. The van der Waals surface area contributed by atoms with Crippen molar-refractivity contribution in [2.75, 3.05) is 14.2 Å². The third-order valence-electron chi connectivity index (χ3n) is 3.18. The van der Waals surface area contributed by atoms with Crippen molar-refractivity contribution in [1.82, 2.24) is 10.3 Å². The average Bonchev–Trinajstić information content (AvgIpc) is 3.02. The first kappa shape index (κ1) is 17.7. The number of benzene rings is 1. The number of rotatable bonds is 6. The van der Waals surface area contributed by atoms with Crippen LogP contribution in [0.1, 0.15) is 26.6 Å². The highest BCUT2D eigenvalue weighted by Gasteiger charge is 2.13. The highest BCUT2D eigenvalue weighted by Crippen LogP contribution is 2.20. The Bertz CT molecular complexity index is 768. The molecule has 0 aliphatic rings. The normalized spacial score (nSPS) is 10.6. The Balaban J connectivity index is 1.99. The van der Waals surface area contributed by atoms with E-state index in [4.69, 9.17) is 9.47 Å². The van der Waals surface area contributed by atoms with Crippen molar-refractivity contribution in [1.29, 1.82) is 0 Å². The summed E-state index contributed by atoms with van der Waals surface area (Å²) in [6.07, 6.45) is 3.09. The van der Waals surface area contributed by atoms with E-state index >= 15 is 0 Å². The topological polar surface area (TPSA) is 77.5 Å². The lowest BCUT2D eigenvalue weighted by Crippen LogP contribution is -2.20. The molecule has 1 N–H and O–H groups in total. The van der Waals surface area contributed by atoms with E-state index in [1.807, 2.05) is 12.3 Å². The highest BCUT2D eigenvalue weighted by atomic mass is 32.1. The molecule has 2 aromatic rings. The summed E-state index contributed by atoms with van der Waals surface area (Å²) in [5.74, 6) is -0.300. The van der Waals surface area contributed by atoms with Crippen molar-refractivity contribution < 1.29 is 19.1 Å². The molecule has 7 heteroatoms. The second-order valence-electron chi connectivity index (χ2n) is 4.87. The first-order valence-electron chi connectivity index (χ1n) is 7.16. The van der Waals surface area contributed by atoms with Gasteiger partial charge in [0.1, 0.15) is 11.3 Å². The summed E-state index contributed by atoms with van der Waals surface area (Å²) >= 11 is 1.53. The van der Waals surface area contributed by atoms with E-state index in [-0.39, 0.29) is 12.5 Å². The number of carbonyl (C=O) groups excluding carboxylic acids is 2. The number of amides is 1. The maximum absolute atomic E-state index is 11.9. The minimum absolute atomic E-state index is 0.240. The van der Waals surface area contributed by atoms with Crippen LogP contribution in [0, 0.1) is 6.92 Å². The lowest BCUT2D eigenvalue weighted by Gasteiger charge is -2.09. The number of thiazole rings is 1. The van der Waals surface area contributed by atoms with Crippen LogP contribution in [0.5, 0.6) is 5.75 Å². The number of nitrogens with one attached hydrogen (secondary N) is 1. The summed E-state index contributed by atoms with van der Waals surface area (Å²) in [6.45, 7) is 2.19. The molecule has 0 spiro atoms. The molecule has 1 heterocycles. The fourth-order valence-corrected chi connectivity index (χ4v) is 2.58. The third kappa shape index (κ3) is 4.66. The van der Waals surface area contributed by atoms with Gasteiger partial charge in [0, 0.05) is 18.0 Å². The summed E-state index contributed by atoms with van der Waals surface area (Å²) in [6, 6.07) is 5.08. The molecule has 0 radical (unpaired) electrons. The fraction of sp³-hybridized carbons (Fsp3) is 0.235. The Morgan fingerprint density at radius 2 is 2.12 bits per heavy atom. The van der Waals surface area contributed by atoms with Gasteiger partial charge in [0.05, 0.1) is 24.9 Å². The number of nitrogens with zero attached hydrogens (tertiary/aromatic N) is 1. The van der Waals surface area contributed by atoms with Crippen LogP contribution in [-0.2, 0) is 16.1 Å². The summed E-state index contributed by atoms with van der Waals surface area (Å²) in [4.78, 5) is 27.8. The molecule has 0 atom stereocenters. The van der Waals surface area contributed by atoms with Crippen molar-refractivity contribution >= 4 is 29.3 Å². The largest absolute Gasteiger partial charge is 0.496 e. The Morgan fingerprint density at radius 3 is 2.75 bits per heavy atom. The van der Waals surface area contributed by atoms with Gasteiger partial charge in [0.15, 0.2) is 0 Å². The number of methoxy groups -OCH3 is 2. The molecule has 1 amide bonds. The number of aromatic nitrogens is 1. The molecule has 0 aliphatic heterocycles. The summed E-state index contributed by atoms with van der Waals surface area (Å²) in [5, 5.41) is 5.58. The molecule has 1 aromatic heterocycles. The van der Waals surface area contributed by atoms with Gasteiger partial charge >= 0.3 is 5.97 Å². The molecular weight excluding hydrogens is 328 g/mol. The van der Waals surface area contributed by atoms with Gasteiger partial charge in [-0.2, -0.15) is 0 Å². The smallest absolute Gasteiger partial charge is 0.341 e. The van der Waals surface area contributed by atoms with Crippen LogP contribution in [0.2, 0.25) is 0 Å². The standard InChI is InChI=1S/C17H18N2O4S/c1-11-19-13(10-24-11)5-7-16(20)18-9-12-4-6-15(22-2)14(8-12)17(21)23-3/h4-8,10H,9H2,1-3H3,(H,18,20)/b7-5+. The van der Waals surface area contributed by atoms with Crippen LogP contribution in [0.3, 0.4) is 0 Å². The van der Waals surface area contributed by atoms with Gasteiger partial charge in [-0.3, -0.25) is 4.79 Å². The van der Waals surface area contributed by atoms with Crippen LogP contribution < -0.4 is 10.1 Å². The number of ether oxygens (including phenoxy) is 2. The van der Waals surface area contributed by atoms with E-state index in [9.17, 15) is 9.59 Å². The van der Waals surface area contributed by atoms with Gasteiger partial charge in [-0.15, -0.1) is 11.3 Å². The monoisotopic (exact) mass is 346 g/mol. The maximum atomic E-state index is 11.9. The van der Waals surface area contributed by atoms with E-state index in [1.165, 1.54) is 31.6 Å². The minimum atomic E-state index is -0.487. The minimum Gasteiger partial charge on any atom is -0.496 e. The molecule has 0 fully saturated rings. The second kappa shape index (κ2) is 8.26. The van der Waals surface area contributed by atoms with Gasteiger partial charge in [-0.25, -0.2) is 9.78 Å². The quantitative estimate of drug-likeness (QED) is 0.642. The van der Waals surface area contributed by atoms with Gasteiger partial charge in [-0.05, 0) is 30.7 Å². The predicted molar refractivity (Wildman–Crippen MR) is 92.1 cm³/mol. The molecule has 24 heavy (non-hydrogen) atoms. The lowest BCUT2D eigenvalue weighted by atomic mass is 10.1. The highest BCUT2D eigenvalue weighted by molar-refractivity contribution is 7.09. The Labute approximate surface area is 144 Å². The number of esters is 1. The third-order valence-corrected chi connectivity index (χ3v) is 3.97. The number of aryl methyl sites for hydroxylation is 1.